The van der Waals surface area contributed by atoms with E-state index in [2.05, 4.69) is 149 Å². The lowest BCUT2D eigenvalue weighted by Gasteiger charge is -2.78. The van der Waals surface area contributed by atoms with Gasteiger partial charge < -0.3 is 0 Å². The maximum Gasteiger partial charge on any atom is 0.0419 e. The third kappa shape index (κ3) is 4.40. The van der Waals surface area contributed by atoms with Crippen LogP contribution in [-0.4, -0.2) is 43.6 Å². The standard InChI is InChI=1S/C30H70Si6/c1-25-23-35(31(15,16)27(3,4)5,32(17,18)28(6,7)8)36(24-26(25)2,33(19,20)29(9,10)11)34(21,22)30(12,13)14/h23-24H2,1-22H3. The summed E-state index contributed by atoms with van der Waals surface area (Å²) in [7, 11) is -6.74. The molecule has 0 aromatic rings. The Hall–Kier alpha value is 1.04. The van der Waals surface area contributed by atoms with E-state index in [1.54, 1.807) is 12.1 Å². The maximum absolute atomic E-state index is 2.97. The first-order valence-electron chi connectivity index (χ1n) is 14.9. The monoisotopic (exact) mass is 598 g/mol. The normalized spacial score (nSPS) is 21.2. The molecule has 214 valence electrons. The highest BCUT2D eigenvalue weighted by Crippen LogP contribution is 2.67. The average molecular weight is 599 g/mol. The Morgan fingerprint density at radius 2 is 0.528 bits per heavy atom. The highest BCUT2D eigenvalue weighted by molar-refractivity contribution is 8.10. The average Bonchev–Trinajstić information content (AvgIpc) is 2.58. The summed E-state index contributed by atoms with van der Waals surface area (Å²) in [4.78, 5) is 0. The van der Waals surface area contributed by atoms with Gasteiger partial charge in [0.1, 0.15) is 0 Å². The Balaban J connectivity index is 4.90. The molecule has 0 bridgehead atoms. The zero-order valence-electron chi connectivity index (χ0n) is 29.4. The minimum Gasteiger partial charge on any atom is -0.0780 e. The predicted molar refractivity (Wildman–Crippen MR) is 188 cm³/mol. The number of hydrogen-bond acceptors (Lipinski definition) is 0. The van der Waals surface area contributed by atoms with Crippen LogP contribution in [0.4, 0.5) is 0 Å². The van der Waals surface area contributed by atoms with Crippen LogP contribution in [0.15, 0.2) is 11.1 Å². The minimum atomic E-state index is -1.80. The summed E-state index contributed by atoms with van der Waals surface area (Å²) in [6, 6.07) is 3.13. The zero-order valence-corrected chi connectivity index (χ0v) is 35.4. The molecule has 1 aliphatic rings. The molecule has 1 heterocycles. The van der Waals surface area contributed by atoms with Crippen molar-refractivity contribution in [1.82, 2.24) is 0 Å². The Bertz CT molecular complexity index is 737. The third-order valence-electron chi connectivity index (χ3n) is 14.3. The summed E-state index contributed by atoms with van der Waals surface area (Å²) in [5.74, 6) is 0. The molecule has 36 heavy (non-hydrogen) atoms. The van der Waals surface area contributed by atoms with Crippen molar-refractivity contribution in [3.8, 4) is 0 Å². The van der Waals surface area contributed by atoms with E-state index in [-0.39, 0.29) is 0 Å². The van der Waals surface area contributed by atoms with Gasteiger partial charge in [0.05, 0.1) is 0 Å². The molecule has 0 N–H and O–H groups in total. The SMILES string of the molecule is CC1=C(C)C[Si]([Si](C)(C)C(C)(C)C)([Si](C)(C)C(C)(C)C)[Si]([Si](C)(C)C(C)(C)C)([Si](C)(C)C(C)(C)C)C1. The second kappa shape index (κ2) is 9.28. The van der Waals surface area contributed by atoms with E-state index in [9.17, 15) is 0 Å². The Kier molecular flexibility index (Phi) is 9.04. The summed E-state index contributed by atoms with van der Waals surface area (Å²) in [5, 5.41) is 1.79. The quantitative estimate of drug-likeness (QED) is 0.223. The van der Waals surface area contributed by atoms with E-state index in [0.717, 1.165) is 0 Å². The van der Waals surface area contributed by atoms with Crippen molar-refractivity contribution >= 4 is 43.6 Å². The molecule has 0 amide bonds. The van der Waals surface area contributed by atoms with Crippen LogP contribution in [0.2, 0.25) is 84.6 Å². The minimum absolute atomic E-state index is 0.448. The predicted octanol–water partition coefficient (Wildman–Crippen LogP) is 11.7. The lowest BCUT2D eigenvalue weighted by atomic mass is 10.2. The van der Waals surface area contributed by atoms with Crippen LogP contribution >= 0.6 is 0 Å². The number of allylic oxidation sites excluding steroid dienone is 2. The highest BCUT2D eigenvalue weighted by atomic mass is 30.2. The molecular weight excluding hydrogens is 529 g/mol. The van der Waals surface area contributed by atoms with Crippen molar-refractivity contribution in [2.45, 2.75) is 182 Å². The maximum atomic E-state index is 2.97. The second-order valence-corrected chi connectivity index (χ2v) is 81.9. The van der Waals surface area contributed by atoms with Crippen LogP contribution in [0.5, 0.6) is 0 Å². The van der Waals surface area contributed by atoms with Gasteiger partial charge in [0.15, 0.2) is 0 Å². The van der Waals surface area contributed by atoms with Gasteiger partial charge in [-0.25, -0.2) is 0 Å². The Morgan fingerprint density at radius 1 is 0.389 bits per heavy atom. The molecule has 0 saturated carbocycles. The van der Waals surface area contributed by atoms with Crippen LogP contribution in [0, 0.1) is 0 Å². The molecule has 0 unspecified atom stereocenters. The molecule has 0 radical (unpaired) electrons. The topological polar surface area (TPSA) is 0 Å². The van der Waals surface area contributed by atoms with Crippen LogP contribution in [0.1, 0.15) is 96.9 Å². The van der Waals surface area contributed by atoms with Gasteiger partial charge in [-0.3, -0.25) is 0 Å². The Morgan fingerprint density at radius 3 is 0.639 bits per heavy atom. The molecular formula is C30H70Si6. The molecule has 0 spiro atoms. The van der Waals surface area contributed by atoms with Crippen LogP contribution in [-0.2, 0) is 0 Å². The third-order valence-corrected chi connectivity index (χ3v) is 153. The first-order valence-corrected chi connectivity index (χ1v) is 36.3. The van der Waals surface area contributed by atoms with Crippen LogP contribution in [0.3, 0.4) is 0 Å². The molecule has 0 atom stereocenters. The summed E-state index contributed by atoms with van der Waals surface area (Å²) in [6.07, 6.45) is 0. The highest BCUT2D eigenvalue weighted by Gasteiger charge is 2.82. The van der Waals surface area contributed by atoms with Gasteiger partial charge >= 0.3 is 0 Å². The molecule has 0 aliphatic carbocycles. The van der Waals surface area contributed by atoms with E-state index in [1.807, 2.05) is 11.1 Å². The fraction of sp³-hybridized carbons (Fsp3) is 0.933. The van der Waals surface area contributed by atoms with Gasteiger partial charge in [-0.15, -0.1) is 0 Å². The van der Waals surface area contributed by atoms with Crippen molar-refractivity contribution in [1.29, 1.82) is 0 Å². The second-order valence-electron chi connectivity index (χ2n) is 19.2. The van der Waals surface area contributed by atoms with Crippen LogP contribution in [0.25, 0.3) is 0 Å². The summed E-state index contributed by atoms with van der Waals surface area (Å²) >= 11 is 0. The lowest BCUT2D eigenvalue weighted by molar-refractivity contribution is 0.720. The van der Waals surface area contributed by atoms with Gasteiger partial charge in [-0.05, 0) is 46.1 Å². The smallest absolute Gasteiger partial charge is 0.0419 e. The van der Waals surface area contributed by atoms with Crippen molar-refractivity contribution in [2.24, 2.45) is 0 Å². The van der Waals surface area contributed by atoms with Gasteiger partial charge in [0.25, 0.3) is 0 Å². The lowest BCUT2D eigenvalue weighted by Crippen LogP contribution is -3.01. The van der Waals surface area contributed by atoms with Crippen molar-refractivity contribution in [3.63, 3.8) is 0 Å². The van der Waals surface area contributed by atoms with E-state index < -0.39 is 43.6 Å². The first kappa shape index (κ1) is 35.1. The molecule has 0 nitrogen and oxygen atoms in total. The number of rotatable bonds is 4. The molecule has 0 saturated heterocycles. The fourth-order valence-electron chi connectivity index (χ4n) is 8.54. The summed E-state index contributed by atoms with van der Waals surface area (Å²) < 4.78 is 0. The molecule has 0 aromatic heterocycles. The largest absolute Gasteiger partial charge is 0.0780 e. The van der Waals surface area contributed by atoms with Gasteiger partial charge in [0, 0.05) is 43.6 Å². The van der Waals surface area contributed by atoms with Gasteiger partial charge in [-0.1, -0.05) is 147 Å². The molecule has 1 rings (SSSR count). The zero-order chi connectivity index (χ0) is 29.6. The Labute approximate surface area is 235 Å². The van der Waals surface area contributed by atoms with E-state index in [1.165, 1.54) is 0 Å². The van der Waals surface area contributed by atoms with E-state index in [0.29, 0.717) is 20.2 Å². The number of hydrogen-bond donors (Lipinski definition) is 0. The molecule has 6 heteroatoms. The van der Waals surface area contributed by atoms with E-state index >= 15 is 0 Å². The first-order chi connectivity index (χ1) is 15.3. The molecule has 0 fully saturated rings. The van der Waals surface area contributed by atoms with E-state index in [4.69, 9.17) is 0 Å². The van der Waals surface area contributed by atoms with Crippen LogP contribution < -0.4 is 0 Å². The van der Waals surface area contributed by atoms with Crippen molar-refractivity contribution in [3.05, 3.63) is 11.1 Å². The molecule has 1 aliphatic heterocycles. The van der Waals surface area contributed by atoms with Crippen molar-refractivity contribution in [2.75, 3.05) is 0 Å². The van der Waals surface area contributed by atoms with Gasteiger partial charge in [-0.2, -0.15) is 0 Å². The van der Waals surface area contributed by atoms with Gasteiger partial charge in [0.2, 0.25) is 0 Å². The molecule has 0 aromatic carbocycles. The fourth-order valence-corrected chi connectivity index (χ4v) is 239. The van der Waals surface area contributed by atoms with Crippen molar-refractivity contribution < 1.29 is 0 Å². The summed E-state index contributed by atoms with van der Waals surface area (Å²) in [6.45, 7) is 57.6. The summed E-state index contributed by atoms with van der Waals surface area (Å²) in [5.41, 5.74) is 3.69.